The number of hydrogen-bond acceptors (Lipinski definition) is 4. The Kier molecular flexibility index (Phi) is 5.22. The van der Waals surface area contributed by atoms with Crippen molar-refractivity contribution in [1.82, 2.24) is 14.9 Å². The second kappa shape index (κ2) is 7.74. The number of methoxy groups -OCH3 is 2. The summed E-state index contributed by atoms with van der Waals surface area (Å²) in [4.78, 5) is 16.7. The third-order valence-corrected chi connectivity index (χ3v) is 4.19. The molecule has 3 aromatic rings. The Hall–Kier alpha value is -3.28. The van der Waals surface area contributed by atoms with E-state index in [4.69, 9.17) is 9.47 Å². The number of rotatable bonds is 6. The Morgan fingerprint density at radius 1 is 1.12 bits per heavy atom. The van der Waals surface area contributed by atoms with Gasteiger partial charge in [-0.2, -0.15) is 0 Å². The highest BCUT2D eigenvalue weighted by Gasteiger charge is 2.18. The van der Waals surface area contributed by atoms with Crippen molar-refractivity contribution in [3.8, 4) is 17.2 Å². The van der Waals surface area contributed by atoms with Crippen molar-refractivity contribution >= 4 is 5.91 Å². The van der Waals surface area contributed by atoms with Crippen LogP contribution in [0.5, 0.6) is 11.5 Å². The van der Waals surface area contributed by atoms with Gasteiger partial charge in [-0.3, -0.25) is 4.79 Å². The maximum Gasteiger partial charge on any atom is 0.255 e. The summed E-state index contributed by atoms with van der Waals surface area (Å²) in [7, 11) is 3.07. The average Bonchev–Trinajstić information content (AvgIpc) is 3.22. The van der Waals surface area contributed by atoms with Gasteiger partial charge in [-0.05, 0) is 36.8 Å². The maximum atomic E-state index is 12.7. The van der Waals surface area contributed by atoms with Crippen LogP contribution in [0.3, 0.4) is 0 Å². The van der Waals surface area contributed by atoms with Crippen molar-refractivity contribution in [2.45, 2.75) is 13.0 Å². The van der Waals surface area contributed by atoms with E-state index in [1.165, 1.54) is 7.11 Å². The standard InChI is InChI=1S/C20H21N3O3/c1-14(15-7-9-16(10-8-15)23-12-11-21-13-23)22-20(24)17-5-4-6-18(25-2)19(17)26-3/h4-14H,1-3H3,(H,22,24). The van der Waals surface area contributed by atoms with Crippen molar-refractivity contribution in [3.63, 3.8) is 0 Å². The zero-order valence-corrected chi connectivity index (χ0v) is 15.0. The molecule has 0 aliphatic carbocycles. The quantitative estimate of drug-likeness (QED) is 0.739. The topological polar surface area (TPSA) is 65.4 Å². The minimum absolute atomic E-state index is 0.157. The van der Waals surface area contributed by atoms with Gasteiger partial charge >= 0.3 is 0 Å². The van der Waals surface area contributed by atoms with E-state index in [0.29, 0.717) is 17.1 Å². The first-order valence-electron chi connectivity index (χ1n) is 8.24. The summed E-state index contributed by atoms with van der Waals surface area (Å²) in [5, 5.41) is 3.00. The third kappa shape index (κ3) is 3.54. The zero-order chi connectivity index (χ0) is 18.5. The molecular formula is C20H21N3O3. The van der Waals surface area contributed by atoms with Gasteiger partial charge in [-0.15, -0.1) is 0 Å². The predicted molar refractivity (Wildman–Crippen MR) is 99.0 cm³/mol. The van der Waals surface area contributed by atoms with Crippen LogP contribution < -0.4 is 14.8 Å². The largest absolute Gasteiger partial charge is 0.493 e. The number of aromatic nitrogens is 2. The van der Waals surface area contributed by atoms with Crippen LogP contribution in [0.15, 0.2) is 61.2 Å². The van der Waals surface area contributed by atoms with E-state index in [0.717, 1.165) is 11.3 Å². The van der Waals surface area contributed by atoms with Gasteiger partial charge in [0.15, 0.2) is 11.5 Å². The molecule has 0 fully saturated rings. The molecule has 134 valence electrons. The van der Waals surface area contributed by atoms with Crippen LogP contribution in [-0.2, 0) is 0 Å². The summed E-state index contributed by atoms with van der Waals surface area (Å²) in [6.07, 6.45) is 5.36. The number of carbonyl (C=O) groups is 1. The molecule has 0 saturated carbocycles. The highest BCUT2D eigenvalue weighted by atomic mass is 16.5. The van der Waals surface area contributed by atoms with E-state index < -0.39 is 0 Å². The lowest BCUT2D eigenvalue weighted by molar-refractivity contribution is 0.0936. The molecule has 6 nitrogen and oxygen atoms in total. The normalized spacial score (nSPS) is 11.7. The molecule has 1 atom stereocenters. The first-order chi connectivity index (χ1) is 12.6. The minimum atomic E-state index is -0.216. The molecule has 3 rings (SSSR count). The van der Waals surface area contributed by atoms with E-state index in [9.17, 15) is 4.79 Å². The molecule has 2 aromatic carbocycles. The lowest BCUT2D eigenvalue weighted by Gasteiger charge is -2.17. The molecule has 0 aliphatic rings. The maximum absolute atomic E-state index is 12.7. The Morgan fingerprint density at radius 2 is 1.88 bits per heavy atom. The fourth-order valence-corrected chi connectivity index (χ4v) is 2.77. The number of ether oxygens (including phenoxy) is 2. The number of para-hydroxylation sites is 1. The first-order valence-corrected chi connectivity index (χ1v) is 8.24. The van der Waals surface area contributed by atoms with Crippen molar-refractivity contribution in [2.75, 3.05) is 14.2 Å². The fourth-order valence-electron chi connectivity index (χ4n) is 2.77. The average molecular weight is 351 g/mol. The molecule has 0 aliphatic heterocycles. The smallest absolute Gasteiger partial charge is 0.255 e. The Bertz CT molecular complexity index is 874. The summed E-state index contributed by atoms with van der Waals surface area (Å²) < 4.78 is 12.5. The minimum Gasteiger partial charge on any atom is -0.493 e. The SMILES string of the molecule is COc1cccc(C(=O)NC(C)c2ccc(-n3ccnc3)cc2)c1OC. The number of amides is 1. The molecule has 0 radical (unpaired) electrons. The number of benzene rings is 2. The number of carbonyl (C=O) groups excluding carboxylic acids is 1. The molecule has 1 aromatic heterocycles. The first kappa shape index (κ1) is 17.5. The molecule has 0 spiro atoms. The van der Waals surface area contributed by atoms with Crippen LogP contribution in [0.4, 0.5) is 0 Å². The second-order valence-electron chi connectivity index (χ2n) is 5.80. The second-order valence-corrected chi connectivity index (χ2v) is 5.80. The lowest BCUT2D eigenvalue weighted by Crippen LogP contribution is -2.27. The summed E-state index contributed by atoms with van der Waals surface area (Å²) >= 11 is 0. The van der Waals surface area contributed by atoms with Gasteiger partial charge in [-0.1, -0.05) is 18.2 Å². The lowest BCUT2D eigenvalue weighted by atomic mass is 10.1. The van der Waals surface area contributed by atoms with Gasteiger partial charge in [0, 0.05) is 18.1 Å². The van der Waals surface area contributed by atoms with Crippen molar-refractivity contribution < 1.29 is 14.3 Å². The summed E-state index contributed by atoms with van der Waals surface area (Å²) in [5.74, 6) is 0.736. The molecule has 0 saturated heterocycles. The van der Waals surface area contributed by atoms with Crippen molar-refractivity contribution in [3.05, 3.63) is 72.3 Å². The molecule has 6 heteroatoms. The Labute approximate surface area is 152 Å². The molecule has 0 bridgehead atoms. The monoisotopic (exact) mass is 351 g/mol. The fraction of sp³-hybridized carbons (Fsp3) is 0.200. The Morgan fingerprint density at radius 3 is 2.50 bits per heavy atom. The molecule has 1 unspecified atom stereocenters. The molecule has 1 amide bonds. The van der Waals surface area contributed by atoms with E-state index in [-0.39, 0.29) is 11.9 Å². The third-order valence-electron chi connectivity index (χ3n) is 4.19. The van der Waals surface area contributed by atoms with Gasteiger partial charge in [0.25, 0.3) is 5.91 Å². The van der Waals surface area contributed by atoms with Crippen molar-refractivity contribution in [2.24, 2.45) is 0 Å². The van der Waals surface area contributed by atoms with Gasteiger partial charge in [-0.25, -0.2) is 4.98 Å². The summed E-state index contributed by atoms with van der Waals surface area (Å²) in [5.41, 5.74) is 2.46. The van der Waals surface area contributed by atoms with Crippen LogP contribution in [0.25, 0.3) is 5.69 Å². The summed E-state index contributed by atoms with van der Waals surface area (Å²) in [6.45, 7) is 1.94. The number of nitrogens with zero attached hydrogens (tertiary/aromatic N) is 2. The highest BCUT2D eigenvalue weighted by Crippen LogP contribution is 2.31. The van der Waals surface area contributed by atoms with Crippen LogP contribution in [0.1, 0.15) is 28.9 Å². The molecule has 26 heavy (non-hydrogen) atoms. The molecular weight excluding hydrogens is 330 g/mol. The van der Waals surface area contributed by atoms with Gasteiger partial charge in [0.1, 0.15) is 0 Å². The zero-order valence-electron chi connectivity index (χ0n) is 15.0. The Balaban J connectivity index is 1.75. The van der Waals surface area contributed by atoms with E-state index in [1.54, 1.807) is 37.8 Å². The van der Waals surface area contributed by atoms with Crippen LogP contribution in [0, 0.1) is 0 Å². The molecule has 1 N–H and O–H groups in total. The van der Waals surface area contributed by atoms with Crippen LogP contribution in [0.2, 0.25) is 0 Å². The highest BCUT2D eigenvalue weighted by molar-refractivity contribution is 5.98. The van der Waals surface area contributed by atoms with Gasteiger partial charge < -0.3 is 19.4 Å². The van der Waals surface area contributed by atoms with Crippen LogP contribution in [-0.4, -0.2) is 29.7 Å². The van der Waals surface area contributed by atoms with Crippen molar-refractivity contribution in [1.29, 1.82) is 0 Å². The molecule has 1 heterocycles. The predicted octanol–water partition coefficient (Wildman–Crippen LogP) is 3.38. The number of nitrogens with one attached hydrogen (secondary N) is 1. The van der Waals surface area contributed by atoms with E-state index in [2.05, 4.69) is 10.3 Å². The van der Waals surface area contributed by atoms with E-state index >= 15 is 0 Å². The van der Waals surface area contributed by atoms with Crippen LogP contribution >= 0.6 is 0 Å². The summed E-state index contributed by atoms with van der Waals surface area (Å²) in [6, 6.07) is 13.0. The van der Waals surface area contributed by atoms with E-state index in [1.807, 2.05) is 42.0 Å². The van der Waals surface area contributed by atoms with Gasteiger partial charge in [0.05, 0.1) is 32.2 Å². The number of hydrogen-bond donors (Lipinski definition) is 1. The number of imidazole rings is 1. The van der Waals surface area contributed by atoms with Gasteiger partial charge in [0.2, 0.25) is 0 Å².